The van der Waals surface area contributed by atoms with Crippen LogP contribution in [0.4, 0.5) is 0 Å². The molecule has 4 rings (SSSR count). The van der Waals surface area contributed by atoms with E-state index in [2.05, 4.69) is 10.3 Å². The van der Waals surface area contributed by atoms with E-state index in [4.69, 9.17) is 9.47 Å². The largest absolute Gasteiger partial charge is 0.489 e. The molecule has 1 saturated heterocycles. The smallest absolute Gasteiger partial charge is 0.329 e. The van der Waals surface area contributed by atoms with E-state index in [1.54, 1.807) is 36.7 Å². The predicted octanol–water partition coefficient (Wildman–Crippen LogP) is 2.48. The molecule has 2 fully saturated rings. The normalized spacial score (nSPS) is 24.0. The molecule has 2 aromatic rings. The molecule has 1 aliphatic carbocycles. The average molecular weight is 352 g/mol. The Morgan fingerprint density at radius 1 is 1.15 bits per heavy atom. The van der Waals surface area contributed by atoms with Crippen LogP contribution in [0.3, 0.4) is 0 Å². The molecular formula is C20H20N2O4. The van der Waals surface area contributed by atoms with Gasteiger partial charge in [0.05, 0.1) is 0 Å². The number of rotatable bonds is 5. The first kappa shape index (κ1) is 16.6. The molecule has 1 aromatic heterocycles. The number of benzene rings is 1. The van der Waals surface area contributed by atoms with Gasteiger partial charge in [-0.3, -0.25) is 9.78 Å². The highest BCUT2D eigenvalue weighted by Gasteiger charge is 2.47. The summed E-state index contributed by atoms with van der Waals surface area (Å²) in [6.45, 7) is 0.436. The lowest BCUT2D eigenvalue weighted by molar-refractivity contribution is -0.142. The van der Waals surface area contributed by atoms with E-state index in [0.29, 0.717) is 17.9 Å². The summed E-state index contributed by atoms with van der Waals surface area (Å²) in [4.78, 5) is 28.4. The Labute approximate surface area is 151 Å². The van der Waals surface area contributed by atoms with Crippen molar-refractivity contribution in [3.05, 3.63) is 59.9 Å². The molecule has 1 aromatic carbocycles. The van der Waals surface area contributed by atoms with E-state index in [-0.39, 0.29) is 23.9 Å². The molecule has 134 valence electrons. The molecular weight excluding hydrogens is 332 g/mol. The van der Waals surface area contributed by atoms with Crippen molar-refractivity contribution in [2.45, 2.75) is 38.0 Å². The van der Waals surface area contributed by atoms with Crippen molar-refractivity contribution in [3.8, 4) is 5.75 Å². The number of carbonyl (C=O) groups is 2. The van der Waals surface area contributed by atoms with Crippen molar-refractivity contribution < 1.29 is 19.1 Å². The zero-order chi connectivity index (χ0) is 17.9. The maximum atomic E-state index is 12.5. The van der Waals surface area contributed by atoms with Gasteiger partial charge in [0.2, 0.25) is 0 Å². The predicted molar refractivity (Wildman–Crippen MR) is 93.5 cm³/mol. The van der Waals surface area contributed by atoms with Crippen LogP contribution in [0.5, 0.6) is 5.75 Å². The summed E-state index contributed by atoms with van der Waals surface area (Å²) in [5.41, 5.74) is 1.52. The van der Waals surface area contributed by atoms with Gasteiger partial charge >= 0.3 is 5.97 Å². The number of amides is 1. The minimum absolute atomic E-state index is 0.0308. The fraction of sp³-hybridized carbons (Fsp3) is 0.350. The first-order chi connectivity index (χ1) is 12.7. The zero-order valence-electron chi connectivity index (χ0n) is 14.3. The van der Waals surface area contributed by atoms with Crippen molar-refractivity contribution in [3.63, 3.8) is 0 Å². The van der Waals surface area contributed by atoms with E-state index in [0.717, 1.165) is 24.8 Å². The van der Waals surface area contributed by atoms with E-state index in [1.165, 1.54) is 0 Å². The highest BCUT2D eigenvalue weighted by molar-refractivity contribution is 5.97. The molecule has 1 saturated carbocycles. The molecule has 6 heteroatoms. The fourth-order valence-corrected chi connectivity index (χ4v) is 3.62. The summed E-state index contributed by atoms with van der Waals surface area (Å²) in [5.74, 6) is 0.203. The zero-order valence-corrected chi connectivity index (χ0v) is 14.3. The van der Waals surface area contributed by atoms with Crippen LogP contribution in [0.25, 0.3) is 0 Å². The summed E-state index contributed by atoms with van der Waals surface area (Å²) in [6.07, 6.45) is 6.26. The molecule has 1 aliphatic heterocycles. The Balaban J connectivity index is 1.36. The van der Waals surface area contributed by atoms with Gasteiger partial charge < -0.3 is 14.8 Å². The molecule has 0 bridgehead atoms. The van der Waals surface area contributed by atoms with Gasteiger partial charge in [-0.25, -0.2) is 4.79 Å². The van der Waals surface area contributed by atoms with Crippen molar-refractivity contribution in [2.24, 2.45) is 5.92 Å². The minimum atomic E-state index is -0.530. The van der Waals surface area contributed by atoms with E-state index in [9.17, 15) is 9.59 Å². The quantitative estimate of drug-likeness (QED) is 0.837. The van der Waals surface area contributed by atoms with Gasteiger partial charge in [-0.05, 0) is 61.2 Å². The van der Waals surface area contributed by atoms with Crippen LogP contribution in [-0.2, 0) is 16.1 Å². The van der Waals surface area contributed by atoms with Crippen molar-refractivity contribution in [2.75, 3.05) is 0 Å². The monoisotopic (exact) mass is 352 g/mol. The number of fused-ring (bicyclic) bond motifs is 1. The second-order valence-electron chi connectivity index (χ2n) is 6.69. The second-order valence-corrected chi connectivity index (χ2v) is 6.69. The Kier molecular flexibility index (Phi) is 4.56. The van der Waals surface area contributed by atoms with Crippen molar-refractivity contribution in [1.82, 2.24) is 10.3 Å². The lowest BCUT2D eigenvalue weighted by Crippen LogP contribution is -2.42. The highest BCUT2D eigenvalue weighted by Crippen LogP contribution is 2.36. The maximum absolute atomic E-state index is 12.5. The summed E-state index contributed by atoms with van der Waals surface area (Å²) in [6, 6.07) is 10.1. The minimum Gasteiger partial charge on any atom is -0.489 e. The van der Waals surface area contributed by atoms with Crippen LogP contribution in [-0.4, -0.2) is 29.0 Å². The second kappa shape index (κ2) is 7.15. The molecule has 0 unspecified atom stereocenters. The number of aromatic nitrogens is 1. The van der Waals surface area contributed by atoms with Gasteiger partial charge in [0.25, 0.3) is 5.91 Å². The molecule has 1 amide bonds. The molecule has 2 aliphatic rings. The molecule has 2 heterocycles. The summed E-state index contributed by atoms with van der Waals surface area (Å²) >= 11 is 0. The Bertz CT molecular complexity index is 791. The SMILES string of the molecule is O=C(N[C@H]1C(=O)O[C@H]2CCC[C@H]21)c1ccc(OCc2ccncc2)cc1. The summed E-state index contributed by atoms with van der Waals surface area (Å²) < 4.78 is 11.1. The third-order valence-electron chi connectivity index (χ3n) is 5.01. The number of carbonyl (C=O) groups excluding carboxylic acids is 2. The van der Waals surface area contributed by atoms with Crippen LogP contribution in [0.2, 0.25) is 0 Å². The van der Waals surface area contributed by atoms with Crippen LogP contribution < -0.4 is 10.1 Å². The van der Waals surface area contributed by atoms with Crippen LogP contribution >= 0.6 is 0 Å². The molecule has 1 N–H and O–H groups in total. The number of nitrogens with zero attached hydrogens (tertiary/aromatic N) is 1. The standard InChI is InChI=1S/C20H20N2O4/c23-19(22-18-16-2-1-3-17(16)26-20(18)24)14-4-6-15(7-5-14)25-12-13-8-10-21-11-9-13/h4-11,16-18H,1-3,12H2,(H,22,23)/t16-,17+,18-/m1/s1. The summed E-state index contributed by atoms with van der Waals surface area (Å²) in [5, 5.41) is 2.83. The topological polar surface area (TPSA) is 77.5 Å². The van der Waals surface area contributed by atoms with Crippen LogP contribution in [0, 0.1) is 5.92 Å². The Morgan fingerprint density at radius 3 is 2.69 bits per heavy atom. The number of ether oxygens (including phenoxy) is 2. The van der Waals surface area contributed by atoms with Crippen molar-refractivity contribution >= 4 is 11.9 Å². The number of pyridine rings is 1. The van der Waals surface area contributed by atoms with Gasteiger partial charge in [-0.1, -0.05) is 0 Å². The first-order valence-corrected chi connectivity index (χ1v) is 8.84. The number of esters is 1. The van der Waals surface area contributed by atoms with Gasteiger partial charge in [-0.15, -0.1) is 0 Å². The Hall–Kier alpha value is -2.89. The lowest BCUT2D eigenvalue weighted by Gasteiger charge is -2.15. The van der Waals surface area contributed by atoms with E-state index < -0.39 is 6.04 Å². The van der Waals surface area contributed by atoms with Gasteiger partial charge in [0.1, 0.15) is 24.5 Å². The fourth-order valence-electron chi connectivity index (χ4n) is 3.62. The third kappa shape index (κ3) is 3.40. The lowest BCUT2D eigenvalue weighted by atomic mass is 9.99. The van der Waals surface area contributed by atoms with Gasteiger partial charge in [-0.2, -0.15) is 0 Å². The average Bonchev–Trinajstić information content (AvgIpc) is 3.23. The Morgan fingerprint density at radius 2 is 1.92 bits per heavy atom. The van der Waals surface area contributed by atoms with Crippen molar-refractivity contribution in [1.29, 1.82) is 0 Å². The third-order valence-corrected chi connectivity index (χ3v) is 5.01. The van der Waals surface area contributed by atoms with Gasteiger partial charge in [0.15, 0.2) is 0 Å². The van der Waals surface area contributed by atoms with Crippen LogP contribution in [0.1, 0.15) is 35.2 Å². The summed E-state index contributed by atoms with van der Waals surface area (Å²) in [7, 11) is 0. The number of hydrogen-bond acceptors (Lipinski definition) is 5. The molecule has 0 spiro atoms. The molecule has 26 heavy (non-hydrogen) atoms. The van der Waals surface area contributed by atoms with E-state index in [1.807, 2.05) is 12.1 Å². The molecule has 6 nitrogen and oxygen atoms in total. The molecule has 3 atom stereocenters. The van der Waals surface area contributed by atoms with Gasteiger partial charge in [0, 0.05) is 23.9 Å². The van der Waals surface area contributed by atoms with E-state index >= 15 is 0 Å². The first-order valence-electron chi connectivity index (χ1n) is 8.84. The number of hydrogen-bond donors (Lipinski definition) is 1. The molecule has 0 radical (unpaired) electrons. The maximum Gasteiger partial charge on any atom is 0.329 e. The highest BCUT2D eigenvalue weighted by atomic mass is 16.6. The number of nitrogens with one attached hydrogen (secondary N) is 1. The van der Waals surface area contributed by atoms with Crippen LogP contribution in [0.15, 0.2) is 48.8 Å².